The van der Waals surface area contributed by atoms with E-state index in [1.807, 2.05) is 18.2 Å². The summed E-state index contributed by atoms with van der Waals surface area (Å²) in [6, 6.07) is 13.8. The van der Waals surface area contributed by atoms with E-state index < -0.39 is 0 Å². The quantitative estimate of drug-likeness (QED) is 0.498. The van der Waals surface area contributed by atoms with Gasteiger partial charge in [0.2, 0.25) is 0 Å². The third-order valence-electron chi connectivity index (χ3n) is 6.03. The van der Waals surface area contributed by atoms with Crippen molar-refractivity contribution in [3.63, 3.8) is 0 Å². The molecule has 4 nitrogen and oxygen atoms in total. The maximum absolute atomic E-state index is 12.6. The number of anilines is 1. The summed E-state index contributed by atoms with van der Waals surface area (Å²) in [7, 11) is 0. The number of aromatic nitrogens is 1. The number of fused-ring (bicyclic) bond motifs is 3. The molecule has 4 rings (SSSR count). The largest absolute Gasteiger partial charge is 0.358 e. The normalized spacial score (nSPS) is 17.1. The number of aryl methyl sites for hydroxylation is 1. The first-order chi connectivity index (χ1) is 14.0. The van der Waals surface area contributed by atoms with Crippen molar-refractivity contribution in [2.45, 2.75) is 45.6 Å². The topological polar surface area (TPSA) is 56.9 Å². The maximum atomic E-state index is 12.6. The van der Waals surface area contributed by atoms with Crippen molar-refractivity contribution in [3.05, 3.63) is 64.3 Å². The van der Waals surface area contributed by atoms with Gasteiger partial charge in [-0.1, -0.05) is 30.7 Å². The Morgan fingerprint density at radius 2 is 2.10 bits per heavy atom. The molecule has 0 aliphatic heterocycles. The van der Waals surface area contributed by atoms with Crippen LogP contribution in [0.1, 0.15) is 48.3 Å². The van der Waals surface area contributed by atoms with E-state index in [2.05, 4.69) is 41.6 Å². The first kappa shape index (κ1) is 20.0. The molecule has 2 aromatic carbocycles. The minimum absolute atomic E-state index is 0.185. The third kappa shape index (κ3) is 4.34. The Morgan fingerprint density at radius 3 is 2.90 bits per heavy atom. The van der Waals surface area contributed by atoms with Gasteiger partial charge in [0.25, 0.3) is 5.91 Å². The molecule has 1 amide bonds. The van der Waals surface area contributed by atoms with Crippen LogP contribution in [0.25, 0.3) is 10.9 Å². The molecule has 0 spiro atoms. The summed E-state index contributed by atoms with van der Waals surface area (Å²) in [5, 5.41) is 8.32. The van der Waals surface area contributed by atoms with E-state index in [1.54, 1.807) is 12.1 Å². The molecule has 0 saturated carbocycles. The number of aromatic amines is 1. The number of nitrogens with one attached hydrogen (secondary N) is 3. The van der Waals surface area contributed by atoms with E-state index in [-0.39, 0.29) is 5.91 Å². The highest BCUT2D eigenvalue weighted by Crippen LogP contribution is 2.33. The van der Waals surface area contributed by atoms with Crippen LogP contribution in [0.4, 0.5) is 5.69 Å². The van der Waals surface area contributed by atoms with E-state index in [0.717, 1.165) is 37.0 Å². The van der Waals surface area contributed by atoms with Gasteiger partial charge in [0, 0.05) is 28.3 Å². The average Bonchev–Trinajstić information content (AvgIpc) is 3.09. The Kier molecular flexibility index (Phi) is 5.93. The summed E-state index contributed by atoms with van der Waals surface area (Å²) in [5.74, 6) is 0.465. The van der Waals surface area contributed by atoms with Crippen LogP contribution in [-0.4, -0.2) is 23.5 Å². The van der Waals surface area contributed by atoms with Crippen LogP contribution < -0.4 is 10.6 Å². The van der Waals surface area contributed by atoms with Crippen molar-refractivity contribution >= 4 is 34.1 Å². The molecule has 2 atom stereocenters. The molecule has 1 aromatic heterocycles. The molecule has 0 bridgehead atoms. The molecule has 1 heterocycles. The lowest BCUT2D eigenvalue weighted by Gasteiger charge is -2.24. The highest BCUT2D eigenvalue weighted by atomic mass is 35.5. The van der Waals surface area contributed by atoms with Crippen LogP contribution >= 0.6 is 11.6 Å². The van der Waals surface area contributed by atoms with E-state index in [0.29, 0.717) is 22.5 Å². The first-order valence-electron chi connectivity index (χ1n) is 10.5. The standard InChI is InChI=1S/C24H28ClN3O/c1-3-15(2)26-14-16-8-10-22-19(12-16)20-13-17(9-11-23(20)28-22)27-24(29)18-6-4-5-7-21(18)25/h4-7,9,11,13,15-16,26,28H,3,8,10,12,14H2,1-2H3,(H,27,29). The molecule has 3 aromatic rings. The van der Waals surface area contributed by atoms with Gasteiger partial charge in [0.1, 0.15) is 0 Å². The molecule has 1 aliphatic rings. The lowest BCUT2D eigenvalue weighted by atomic mass is 9.86. The van der Waals surface area contributed by atoms with Crippen molar-refractivity contribution in [1.82, 2.24) is 10.3 Å². The summed E-state index contributed by atoms with van der Waals surface area (Å²) in [5.41, 5.74) is 5.16. The Labute approximate surface area is 177 Å². The fourth-order valence-electron chi connectivity index (χ4n) is 4.10. The summed E-state index contributed by atoms with van der Waals surface area (Å²) in [4.78, 5) is 16.2. The van der Waals surface area contributed by atoms with Gasteiger partial charge in [0.15, 0.2) is 0 Å². The Bertz CT molecular complexity index is 1030. The average molecular weight is 410 g/mol. The molecular formula is C24H28ClN3O. The van der Waals surface area contributed by atoms with Gasteiger partial charge >= 0.3 is 0 Å². The zero-order valence-electron chi connectivity index (χ0n) is 17.0. The molecule has 0 fully saturated rings. The predicted octanol–water partition coefficient (Wildman–Crippen LogP) is 5.57. The summed E-state index contributed by atoms with van der Waals surface area (Å²) in [6.45, 7) is 5.52. The molecular weight excluding hydrogens is 382 g/mol. The fraction of sp³-hybridized carbons (Fsp3) is 0.375. The zero-order valence-corrected chi connectivity index (χ0v) is 17.8. The SMILES string of the molecule is CCC(C)NCC1CCc2[nH]c3ccc(NC(=O)c4ccccc4Cl)cc3c2C1. The van der Waals surface area contributed by atoms with Gasteiger partial charge in [-0.3, -0.25) is 4.79 Å². The van der Waals surface area contributed by atoms with Crippen molar-refractivity contribution in [1.29, 1.82) is 0 Å². The third-order valence-corrected chi connectivity index (χ3v) is 6.36. The molecule has 152 valence electrons. The van der Waals surface area contributed by atoms with Gasteiger partial charge in [-0.25, -0.2) is 0 Å². The van der Waals surface area contributed by atoms with Crippen LogP contribution in [0.15, 0.2) is 42.5 Å². The van der Waals surface area contributed by atoms with Crippen LogP contribution in [0, 0.1) is 5.92 Å². The Hall–Kier alpha value is -2.30. The predicted molar refractivity (Wildman–Crippen MR) is 121 cm³/mol. The molecule has 3 N–H and O–H groups in total. The van der Waals surface area contributed by atoms with Gasteiger partial charge in [-0.2, -0.15) is 0 Å². The summed E-state index contributed by atoms with van der Waals surface area (Å²) in [6.07, 6.45) is 4.51. The minimum atomic E-state index is -0.185. The van der Waals surface area contributed by atoms with E-state index in [4.69, 9.17) is 11.6 Å². The molecule has 5 heteroatoms. The van der Waals surface area contributed by atoms with E-state index in [1.165, 1.54) is 23.1 Å². The van der Waals surface area contributed by atoms with Crippen molar-refractivity contribution < 1.29 is 4.79 Å². The van der Waals surface area contributed by atoms with E-state index in [9.17, 15) is 4.79 Å². The Balaban J connectivity index is 1.54. The molecule has 1 aliphatic carbocycles. The number of carbonyl (C=O) groups excluding carboxylic acids is 1. The summed E-state index contributed by atoms with van der Waals surface area (Å²) < 4.78 is 0. The smallest absolute Gasteiger partial charge is 0.257 e. The number of hydrogen-bond donors (Lipinski definition) is 3. The number of hydrogen-bond acceptors (Lipinski definition) is 2. The van der Waals surface area contributed by atoms with Crippen molar-refractivity contribution in [3.8, 4) is 0 Å². The second kappa shape index (κ2) is 8.60. The van der Waals surface area contributed by atoms with Gasteiger partial charge in [-0.15, -0.1) is 0 Å². The van der Waals surface area contributed by atoms with Crippen molar-refractivity contribution in [2.75, 3.05) is 11.9 Å². The molecule has 2 unspecified atom stereocenters. The number of H-pyrrole nitrogens is 1. The molecule has 0 radical (unpaired) electrons. The van der Waals surface area contributed by atoms with Gasteiger partial charge in [0.05, 0.1) is 10.6 Å². The lowest BCUT2D eigenvalue weighted by Crippen LogP contribution is -2.33. The summed E-state index contributed by atoms with van der Waals surface area (Å²) >= 11 is 6.16. The highest BCUT2D eigenvalue weighted by Gasteiger charge is 2.23. The van der Waals surface area contributed by atoms with Gasteiger partial charge < -0.3 is 15.6 Å². The Morgan fingerprint density at radius 1 is 1.28 bits per heavy atom. The number of rotatable bonds is 6. The van der Waals surface area contributed by atoms with Crippen LogP contribution in [0.2, 0.25) is 5.02 Å². The number of benzene rings is 2. The first-order valence-corrected chi connectivity index (χ1v) is 10.9. The zero-order chi connectivity index (χ0) is 20.4. The second-order valence-corrected chi connectivity index (χ2v) is 8.51. The second-order valence-electron chi connectivity index (χ2n) is 8.10. The number of halogens is 1. The molecule has 29 heavy (non-hydrogen) atoms. The number of carbonyl (C=O) groups is 1. The highest BCUT2D eigenvalue weighted by molar-refractivity contribution is 6.34. The number of amides is 1. The van der Waals surface area contributed by atoms with Crippen LogP contribution in [0.5, 0.6) is 0 Å². The molecule has 0 saturated heterocycles. The lowest BCUT2D eigenvalue weighted by molar-refractivity contribution is 0.102. The monoisotopic (exact) mass is 409 g/mol. The van der Waals surface area contributed by atoms with E-state index >= 15 is 0 Å². The van der Waals surface area contributed by atoms with Crippen LogP contribution in [0.3, 0.4) is 0 Å². The maximum Gasteiger partial charge on any atom is 0.257 e. The van der Waals surface area contributed by atoms with Crippen LogP contribution in [-0.2, 0) is 12.8 Å². The van der Waals surface area contributed by atoms with Gasteiger partial charge in [-0.05, 0) is 81.0 Å². The minimum Gasteiger partial charge on any atom is -0.358 e. The fourth-order valence-corrected chi connectivity index (χ4v) is 4.32. The van der Waals surface area contributed by atoms with Crippen molar-refractivity contribution in [2.24, 2.45) is 5.92 Å².